The molecule has 1 amide bonds. The van der Waals surface area contributed by atoms with Crippen LogP contribution in [0, 0.1) is 5.92 Å². The number of rotatable bonds is 8. The molecule has 0 saturated carbocycles. The summed E-state index contributed by atoms with van der Waals surface area (Å²) < 4.78 is 7.72. The number of carbonyl (C=O) groups excluding carboxylic acids is 1. The lowest BCUT2D eigenvalue weighted by Crippen LogP contribution is -2.44. The number of benzene rings is 1. The molecule has 11 heteroatoms. The van der Waals surface area contributed by atoms with Gasteiger partial charge < -0.3 is 15.4 Å². The molecular weight excluding hydrogens is 416 g/mol. The number of ether oxygens (including phenoxy) is 1. The van der Waals surface area contributed by atoms with E-state index in [0.717, 1.165) is 6.20 Å². The summed E-state index contributed by atoms with van der Waals surface area (Å²) in [5, 5.41) is 4.49. The zero-order valence-corrected chi connectivity index (χ0v) is 18.2. The van der Waals surface area contributed by atoms with Crippen molar-refractivity contribution in [2.24, 2.45) is 5.92 Å². The van der Waals surface area contributed by atoms with Crippen molar-refractivity contribution in [3.63, 3.8) is 0 Å². The number of methoxy groups -OCH3 is 1. The highest BCUT2D eigenvalue weighted by Crippen LogP contribution is 2.19. The average molecular weight is 442 g/mol. The second-order valence-corrected chi connectivity index (χ2v) is 7.72. The number of aromatic amines is 1. The van der Waals surface area contributed by atoms with Crippen LogP contribution in [0.2, 0.25) is 0 Å². The summed E-state index contributed by atoms with van der Waals surface area (Å²) in [6, 6.07) is 6.78. The number of nitrogen functional groups attached to an aromatic ring is 1. The molecule has 170 valence electrons. The summed E-state index contributed by atoms with van der Waals surface area (Å²) >= 11 is 0. The summed E-state index contributed by atoms with van der Waals surface area (Å²) in [5.74, 6) is -0.529. The molecule has 0 fully saturated rings. The van der Waals surface area contributed by atoms with Crippen molar-refractivity contribution in [1.82, 2.24) is 19.3 Å². The van der Waals surface area contributed by atoms with Gasteiger partial charge in [0.15, 0.2) is 5.69 Å². The molecule has 0 spiro atoms. The Bertz CT molecular complexity index is 1310. The molecule has 0 unspecified atom stereocenters. The molecule has 0 bridgehead atoms. The van der Waals surface area contributed by atoms with Crippen LogP contribution in [0.5, 0.6) is 0 Å². The SMILES string of the molecule is COCCN(C(=O)Cn1ncc(=O)c2ccccc21)c1c(N)n(CC(C)C)c(=O)[nH]c1=O. The molecule has 3 rings (SSSR count). The van der Waals surface area contributed by atoms with Gasteiger partial charge in [-0.3, -0.25) is 28.6 Å². The van der Waals surface area contributed by atoms with Crippen LogP contribution in [0.25, 0.3) is 10.9 Å². The van der Waals surface area contributed by atoms with E-state index in [2.05, 4.69) is 10.1 Å². The number of carbonyl (C=O) groups is 1. The number of anilines is 2. The number of hydrogen-bond acceptors (Lipinski definition) is 7. The fraction of sp³-hybridized carbons (Fsp3) is 0.381. The van der Waals surface area contributed by atoms with E-state index in [9.17, 15) is 19.2 Å². The minimum atomic E-state index is -0.769. The second-order valence-electron chi connectivity index (χ2n) is 7.72. The molecule has 32 heavy (non-hydrogen) atoms. The molecule has 0 aliphatic carbocycles. The van der Waals surface area contributed by atoms with E-state index in [0.29, 0.717) is 10.9 Å². The van der Waals surface area contributed by atoms with Gasteiger partial charge in [-0.2, -0.15) is 5.10 Å². The molecule has 2 aromatic heterocycles. The number of amides is 1. The van der Waals surface area contributed by atoms with Crippen molar-refractivity contribution in [3.05, 3.63) is 61.5 Å². The predicted octanol–water partition coefficient (Wildman–Crippen LogP) is 0.164. The third-order valence-corrected chi connectivity index (χ3v) is 4.90. The molecule has 0 aliphatic heterocycles. The number of hydrogen-bond donors (Lipinski definition) is 2. The van der Waals surface area contributed by atoms with E-state index in [1.807, 2.05) is 13.8 Å². The highest BCUT2D eigenvalue weighted by Gasteiger charge is 2.25. The molecule has 3 aromatic rings. The maximum absolute atomic E-state index is 13.3. The molecule has 3 N–H and O–H groups in total. The van der Waals surface area contributed by atoms with Gasteiger partial charge in [0, 0.05) is 25.6 Å². The van der Waals surface area contributed by atoms with E-state index in [4.69, 9.17) is 10.5 Å². The monoisotopic (exact) mass is 442 g/mol. The summed E-state index contributed by atoms with van der Waals surface area (Å²) in [6.07, 6.45) is 1.14. The van der Waals surface area contributed by atoms with Crippen LogP contribution >= 0.6 is 0 Å². The van der Waals surface area contributed by atoms with Crippen molar-refractivity contribution in [3.8, 4) is 0 Å². The Hall–Kier alpha value is -3.73. The Morgan fingerprint density at radius 1 is 1.25 bits per heavy atom. The first-order valence-electron chi connectivity index (χ1n) is 10.1. The van der Waals surface area contributed by atoms with Gasteiger partial charge in [-0.15, -0.1) is 0 Å². The average Bonchev–Trinajstić information content (AvgIpc) is 2.75. The van der Waals surface area contributed by atoms with Crippen molar-refractivity contribution in [2.75, 3.05) is 30.9 Å². The highest BCUT2D eigenvalue weighted by atomic mass is 16.5. The number of nitrogens with one attached hydrogen (secondary N) is 1. The fourth-order valence-corrected chi connectivity index (χ4v) is 3.43. The van der Waals surface area contributed by atoms with Gasteiger partial charge in [-0.1, -0.05) is 26.0 Å². The van der Waals surface area contributed by atoms with Crippen molar-refractivity contribution < 1.29 is 9.53 Å². The van der Waals surface area contributed by atoms with Gasteiger partial charge in [0.1, 0.15) is 12.4 Å². The topological polar surface area (TPSA) is 145 Å². The van der Waals surface area contributed by atoms with Gasteiger partial charge in [-0.25, -0.2) is 4.79 Å². The van der Waals surface area contributed by atoms with E-state index < -0.39 is 17.2 Å². The van der Waals surface area contributed by atoms with Crippen LogP contribution in [0.4, 0.5) is 11.5 Å². The lowest BCUT2D eigenvalue weighted by atomic mass is 10.2. The standard InChI is InChI=1S/C21H26N6O5/c1-13(2)11-26-19(22)18(20(30)24-21(26)31)25(8-9-32-3)17(29)12-27-15-7-5-4-6-14(15)16(28)10-23-27/h4-7,10,13H,8-9,11-12,22H2,1-3H3,(H,24,30,31). The van der Waals surface area contributed by atoms with Crippen molar-refractivity contribution in [2.45, 2.75) is 26.9 Å². The van der Waals surface area contributed by atoms with E-state index in [1.165, 1.54) is 21.3 Å². The third-order valence-electron chi connectivity index (χ3n) is 4.90. The molecule has 0 radical (unpaired) electrons. The first kappa shape index (κ1) is 22.9. The van der Waals surface area contributed by atoms with Crippen molar-refractivity contribution >= 4 is 28.3 Å². The number of fused-ring (bicyclic) bond motifs is 1. The first-order valence-corrected chi connectivity index (χ1v) is 10.1. The molecule has 0 saturated heterocycles. The third kappa shape index (κ3) is 4.62. The lowest BCUT2D eigenvalue weighted by molar-refractivity contribution is -0.119. The smallest absolute Gasteiger partial charge is 0.330 e. The Kier molecular flexibility index (Phi) is 6.89. The molecule has 0 aliphatic rings. The minimum Gasteiger partial charge on any atom is -0.383 e. The lowest BCUT2D eigenvalue weighted by Gasteiger charge is -2.25. The van der Waals surface area contributed by atoms with Crippen LogP contribution in [0.1, 0.15) is 13.8 Å². The second kappa shape index (κ2) is 9.60. The van der Waals surface area contributed by atoms with Crippen molar-refractivity contribution in [1.29, 1.82) is 0 Å². The predicted molar refractivity (Wildman–Crippen MR) is 121 cm³/mol. The Morgan fingerprint density at radius 3 is 2.66 bits per heavy atom. The summed E-state index contributed by atoms with van der Waals surface area (Å²) in [7, 11) is 1.46. The first-order chi connectivity index (χ1) is 15.2. The minimum absolute atomic E-state index is 0.0284. The quantitative estimate of drug-likeness (QED) is 0.505. The van der Waals surface area contributed by atoms with E-state index in [1.54, 1.807) is 24.3 Å². The molecule has 0 atom stereocenters. The van der Waals surface area contributed by atoms with Crippen LogP contribution in [0.3, 0.4) is 0 Å². The Balaban J connectivity index is 2.08. The zero-order chi connectivity index (χ0) is 23.4. The van der Waals surface area contributed by atoms with Gasteiger partial charge in [0.05, 0.1) is 18.3 Å². The largest absolute Gasteiger partial charge is 0.383 e. The summed E-state index contributed by atoms with van der Waals surface area (Å²) in [6.45, 7) is 3.97. The summed E-state index contributed by atoms with van der Waals surface area (Å²) in [4.78, 5) is 53.8. The Labute approximate surface area is 183 Å². The maximum Gasteiger partial charge on any atom is 0.330 e. The van der Waals surface area contributed by atoms with Crippen LogP contribution in [0.15, 0.2) is 44.8 Å². The number of para-hydroxylation sites is 1. The zero-order valence-electron chi connectivity index (χ0n) is 18.2. The van der Waals surface area contributed by atoms with Gasteiger partial charge in [0.25, 0.3) is 5.56 Å². The fourth-order valence-electron chi connectivity index (χ4n) is 3.43. The van der Waals surface area contributed by atoms with E-state index >= 15 is 0 Å². The number of H-pyrrole nitrogens is 1. The van der Waals surface area contributed by atoms with Crippen LogP contribution in [-0.4, -0.2) is 45.5 Å². The van der Waals surface area contributed by atoms with Gasteiger partial charge >= 0.3 is 5.69 Å². The maximum atomic E-state index is 13.3. The van der Waals surface area contributed by atoms with Crippen LogP contribution < -0.4 is 27.3 Å². The number of nitrogens with two attached hydrogens (primary N) is 1. The number of aromatic nitrogens is 4. The van der Waals surface area contributed by atoms with Crippen LogP contribution in [-0.2, 0) is 22.6 Å². The van der Waals surface area contributed by atoms with E-state index in [-0.39, 0.29) is 49.1 Å². The normalized spacial score (nSPS) is 11.2. The highest BCUT2D eigenvalue weighted by molar-refractivity contribution is 5.96. The van der Waals surface area contributed by atoms with Gasteiger partial charge in [0.2, 0.25) is 11.3 Å². The summed E-state index contributed by atoms with van der Waals surface area (Å²) in [5.41, 5.74) is 4.87. The molecule has 11 nitrogen and oxygen atoms in total. The Morgan fingerprint density at radius 2 is 1.97 bits per heavy atom. The van der Waals surface area contributed by atoms with Gasteiger partial charge in [-0.05, 0) is 18.1 Å². The molecule has 2 heterocycles. The molecule has 1 aromatic carbocycles. The molecular formula is C21H26N6O5. The number of nitrogens with zero attached hydrogens (tertiary/aromatic N) is 4.